The highest BCUT2D eigenvalue weighted by Crippen LogP contribution is 2.32. The fourth-order valence-electron chi connectivity index (χ4n) is 2.33. The van der Waals surface area contributed by atoms with Crippen molar-refractivity contribution in [3.05, 3.63) is 65.4 Å². The molecule has 0 saturated carbocycles. The number of nitriles is 1. The third-order valence-electron chi connectivity index (χ3n) is 3.78. The van der Waals surface area contributed by atoms with E-state index in [0.717, 1.165) is 11.8 Å². The van der Waals surface area contributed by atoms with E-state index in [1.165, 1.54) is 0 Å². The largest absolute Gasteiger partial charge is 0.454 e. The molecule has 2 aromatic rings. The number of carbonyl (C=O) groups is 2. The summed E-state index contributed by atoms with van der Waals surface area (Å²) >= 11 is 0. The molecule has 0 unspecified atom stereocenters. The zero-order valence-corrected chi connectivity index (χ0v) is 14.2. The third kappa shape index (κ3) is 4.35. The Kier molecular flexibility index (Phi) is 5.23. The van der Waals surface area contributed by atoms with Crippen LogP contribution in [0.3, 0.4) is 0 Å². The van der Waals surface area contributed by atoms with E-state index in [4.69, 9.17) is 20.5 Å². The van der Waals surface area contributed by atoms with Crippen LogP contribution in [0.2, 0.25) is 0 Å². The van der Waals surface area contributed by atoms with E-state index in [2.05, 4.69) is 10.6 Å². The SMILES string of the molecule is N#C/C(=C/NC(=O)c1ccc(N)cc1)C(=O)NCc1ccc2c(c1)OCO2. The highest BCUT2D eigenvalue weighted by molar-refractivity contribution is 5.99. The highest BCUT2D eigenvalue weighted by Gasteiger charge is 2.14. The van der Waals surface area contributed by atoms with Crippen LogP contribution >= 0.6 is 0 Å². The van der Waals surface area contributed by atoms with Gasteiger partial charge >= 0.3 is 0 Å². The van der Waals surface area contributed by atoms with Gasteiger partial charge < -0.3 is 25.8 Å². The second-order valence-electron chi connectivity index (χ2n) is 5.64. The van der Waals surface area contributed by atoms with Crippen LogP contribution in [0.4, 0.5) is 5.69 Å². The maximum Gasteiger partial charge on any atom is 0.263 e. The Labute approximate surface area is 155 Å². The highest BCUT2D eigenvalue weighted by atomic mass is 16.7. The van der Waals surface area contributed by atoms with Crippen molar-refractivity contribution in [1.82, 2.24) is 10.6 Å². The fraction of sp³-hybridized carbons (Fsp3) is 0.105. The van der Waals surface area contributed by atoms with Crippen molar-refractivity contribution in [2.75, 3.05) is 12.5 Å². The Hall–Kier alpha value is -3.99. The van der Waals surface area contributed by atoms with Crippen molar-refractivity contribution < 1.29 is 19.1 Å². The lowest BCUT2D eigenvalue weighted by molar-refractivity contribution is -0.117. The van der Waals surface area contributed by atoms with Gasteiger partial charge in [0, 0.05) is 24.0 Å². The van der Waals surface area contributed by atoms with Gasteiger partial charge in [0.05, 0.1) is 0 Å². The van der Waals surface area contributed by atoms with Crippen LogP contribution in [0.25, 0.3) is 0 Å². The van der Waals surface area contributed by atoms with Crippen LogP contribution in [0.1, 0.15) is 15.9 Å². The van der Waals surface area contributed by atoms with Crippen LogP contribution < -0.4 is 25.8 Å². The van der Waals surface area contributed by atoms with Gasteiger partial charge in [-0.15, -0.1) is 0 Å². The van der Waals surface area contributed by atoms with Gasteiger partial charge in [-0.1, -0.05) is 6.07 Å². The first-order valence-electron chi connectivity index (χ1n) is 8.00. The summed E-state index contributed by atoms with van der Waals surface area (Å²) in [7, 11) is 0. The number of benzene rings is 2. The summed E-state index contributed by atoms with van der Waals surface area (Å²) in [5.41, 5.74) is 7.02. The van der Waals surface area contributed by atoms with E-state index in [9.17, 15) is 9.59 Å². The predicted octanol–water partition coefficient (Wildman–Crippen LogP) is 1.45. The number of fused-ring (bicyclic) bond motifs is 1. The summed E-state index contributed by atoms with van der Waals surface area (Å²) in [4.78, 5) is 24.2. The average molecular weight is 364 g/mol. The van der Waals surface area contributed by atoms with Gasteiger partial charge in [0.1, 0.15) is 11.6 Å². The molecule has 0 bridgehead atoms. The van der Waals surface area contributed by atoms with Crippen LogP contribution in [-0.2, 0) is 11.3 Å². The number of amides is 2. The maximum absolute atomic E-state index is 12.1. The normalized spacial score (nSPS) is 12.2. The van der Waals surface area contributed by atoms with Crippen molar-refractivity contribution in [2.24, 2.45) is 0 Å². The van der Waals surface area contributed by atoms with Crippen LogP contribution in [0, 0.1) is 11.3 Å². The van der Waals surface area contributed by atoms with E-state index < -0.39 is 11.8 Å². The molecule has 1 aliphatic heterocycles. The molecule has 0 fully saturated rings. The monoisotopic (exact) mass is 364 g/mol. The van der Waals surface area contributed by atoms with Crippen molar-refractivity contribution in [1.29, 1.82) is 5.26 Å². The zero-order valence-electron chi connectivity index (χ0n) is 14.2. The second-order valence-corrected chi connectivity index (χ2v) is 5.64. The second kappa shape index (κ2) is 7.93. The summed E-state index contributed by atoms with van der Waals surface area (Å²) in [6.45, 7) is 0.362. The molecule has 8 nitrogen and oxygen atoms in total. The smallest absolute Gasteiger partial charge is 0.263 e. The molecule has 27 heavy (non-hydrogen) atoms. The van der Waals surface area contributed by atoms with Crippen LogP contribution in [-0.4, -0.2) is 18.6 Å². The molecular formula is C19H16N4O4. The summed E-state index contributed by atoms with van der Waals surface area (Å²) in [5, 5.41) is 14.2. The molecule has 3 rings (SSSR count). The van der Waals surface area contributed by atoms with Gasteiger partial charge in [0.25, 0.3) is 11.8 Å². The molecule has 0 aromatic heterocycles. The molecule has 8 heteroatoms. The summed E-state index contributed by atoms with van der Waals surface area (Å²) < 4.78 is 10.5. The Morgan fingerprint density at radius 2 is 1.89 bits per heavy atom. The number of carbonyl (C=O) groups excluding carboxylic acids is 2. The van der Waals surface area contributed by atoms with Gasteiger partial charge in [-0.3, -0.25) is 9.59 Å². The topological polar surface area (TPSA) is 126 Å². The molecule has 136 valence electrons. The van der Waals surface area contributed by atoms with Crippen molar-refractivity contribution >= 4 is 17.5 Å². The quantitative estimate of drug-likeness (QED) is 0.419. The van der Waals surface area contributed by atoms with Crippen LogP contribution in [0.5, 0.6) is 11.5 Å². The molecule has 1 heterocycles. The van der Waals surface area contributed by atoms with Gasteiger partial charge in [-0.2, -0.15) is 5.26 Å². The average Bonchev–Trinajstić information content (AvgIpc) is 3.15. The first-order valence-corrected chi connectivity index (χ1v) is 8.00. The zero-order chi connectivity index (χ0) is 19.2. The fourth-order valence-corrected chi connectivity index (χ4v) is 2.33. The molecule has 0 radical (unpaired) electrons. The summed E-state index contributed by atoms with van der Waals surface area (Å²) in [5.74, 6) is 0.195. The Balaban J connectivity index is 1.58. The lowest BCUT2D eigenvalue weighted by Gasteiger charge is -2.06. The standard InChI is InChI=1S/C19H16N4O4/c20-8-14(10-23-18(24)13-2-4-15(21)5-3-13)19(25)22-9-12-1-6-16-17(7-12)27-11-26-16/h1-7,10H,9,11,21H2,(H,22,25)(H,23,24)/b14-10-. The van der Waals surface area contributed by atoms with Crippen LogP contribution in [0.15, 0.2) is 54.2 Å². The molecule has 0 atom stereocenters. The van der Waals surface area contributed by atoms with E-state index >= 15 is 0 Å². The summed E-state index contributed by atoms with van der Waals surface area (Å²) in [6, 6.07) is 13.3. The first-order chi connectivity index (χ1) is 13.1. The lowest BCUT2D eigenvalue weighted by Crippen LogP contribution is -2.26. The number of nitrogens with two attached hydrogens (primary N) is 1. The third-order valence-corrected chi connectivity index (χ3v) is 3.78. The molecule has 0 saturated heterocycles. The molecule has 0 spiro atoms. The van der Waals surface area contributed by atoms with E-state index in [1.54, 1.807) is 48.5 Å². The molecule has 1 aliphatic rings. The minimum absolute atomic E-state index is 0.167. The number of hydrogen-bond acceptors (Lipinski definition) is 6. The van der Waals surface area contributed by atoms with Gasteiger partial charge in [0.2, 0.25) is 6.79 Å². The molecule has 4 N–H and O–H groups in total. The van der Waals surface area contributed by atoms with Gasteiger partial charge in [-0.25, -0.2) is 0 Å². The minimum Gasteiger partial charge on any atom is -0.454 e. The minimum atomic E-state index is -0.604. The molecule has 0 aliphatic carbocycles. The number of ether oxygens (including phenoxy) is 2. The van der Waals surface area contributed by atoms with Crippen molar-refractivity contribution in [2.45, 2.75) is 6.54 Å². The van der Waals surface area contributed by atoms with Gasteiger partial charge in [-0.05, 0) is 42.0 Å². The van der Waals surface area contributed by atoms with E-state index in [1.807, 2.05) is 0 Å². The van der Waals surface area contributed by atoms with Gasteiger partial charge in [0.15, 0.2) is 11.5 Å². The van der Waals surface area contributed by atoms with Crippen molar-refractivity contribution in [3.8, 4) is 17.6 Å². The molecule has 2 aromatic carbocycles. The van der Waals surface area contributed by atoms with E-state index in [-0.39, 0.29) is 18.9 Å². The first kappa shape index (κ1) is 17.8. The summed E-state index contributed by atoms with van der Waals surface area (Å²) in [6.07, 6.45) is 1.08. The van der Waals surface area contributed by atoms with E-state index in [0.29, 0.717) is 22.7 Å². The Morgan fingerprint density at radius 3 is 2.63 bits per heavy atom. The number of nitrogens with zero attached hydrogens (tertiary/aromatic N) is 1. The Bertz CT molecular complexity index is 945. The Morgan fingerprint density at radius 1 is 1.15 bits per heavy atom. The number of hydrogen-bond donors (Lipinski definition) is 3. The maximum atomic E-state index is 12.1. The molecule has 2 amide bonds. The number of rotatable bonds is 5. The number of nitrogen functional groups attached to an aromatic ring is 1. The number of anilines is 1. The predicted molar refractivity (Wildman–Crippen MR) is 96.4 cm³/mol. The lowest BCUT2D eigenvalue weighted by atomic mass is 10.2. The van der Waals surface area contributed by atoms with Crippen molar-refractivity contribution in [3.63, 3.8) is 0 Å². The number of nitrogens with one attached hydrogen (secondary N) is 2. The molecular weight excluding hydrogens is 348 g/mol.